The summed E-state index contributed by atoms with van der Waals surface area (Å²) >= 11 is 3.36. The van der Waals surface area contributed by atoms with Crippen LogP contribution in [0.2, 0.25) is 0 Å². The second kappa shape index (κ2) is 6.26. The van der Waals surface area contributed by atoms with Crippen LogP contribution in [-0.4, -0.2) is 31.0 Å². The molecule has 0 radical (unpaired) electrons. The zero-order chi connectivity index (χ0) is 14.7. The van der Waals surface area contributed by atoms with Gasteiger partial charge in [-0.25, -0.2) is 0 Å². The van der Waals surface area contributed by atoms with Crippen molar-refractivity contribution in [3.05, 3.63) is 22.7 Å². The Morgan fingerprint density at radius 1 is 1.55 bits per heavy atom. The van der Waals surface area contributed by atoms with E-state index in [2.05, 4.69) is 21.2 Å². The van der Waals surface area contributed by atoms with E-state index in [-0.39, 0.29) is 31.0 Å². The van der Waals surface area contributed by atoms with Gasteiger partial charge in [0.05, 0.1) is 5.69 Å². The van der Waals surface area contributed by atoms with Crippen LogP contribution in [0.25, 0.3) is 0 Å². The number of fused-ring (bicyclic) bond motifs is 1. The van der Waals surface area contributed by atoms with Crippen molar-refractivity contribution in [2.45, 2.75) is 26.3 Å². The lowest BCUT2D eigenvalue weighted by Gasteiger charge is -2.29. The van der Waals surface area contributed by atoms with Gasteiger partial charge >= 0.3 is 0 Å². The number of hydrogen-bond donors (Lipinski definition) is 1. The first-order valence-electron chi connectivity index (χ1n) is 6.53. The molecule has 5 nitrogen and oxygen atoms in total. The Balaban J connectivity index is 2.15. The third-order valence-electron chi connectivity index (χ3n) is 3.19. The highest BCUT2D eigenvalue weighted by atomic mass is 79.9. The van der Waals surface area contributed by atoms with Crippen LogP contribution in [0, 0.1) is 0 Å². The number of amides is 2. The molecule has 2 amide bonds. The Hall–Kier alpha value is -1.56. The maximum atomic E-state index is 11.9. The Kier molecular flexibility index (Phi) is 4.65. The van der Waals surface area contributed by atoms with Gasteiger partial charge in [-0.3, -0.25) is 14.5 Å². The zero-order valence-corrected chi connectivity index (χ0v) is 13.1. The summed E-state index contributed by atoms with van der Waals surface area (Å²) in [5.41, 5.74) is 0.628. The number of nitrogens with zero attached hydrogens (tertiary/aromatic N) is 1. The zero-order valence-electron chi connectivity index (χ0n) is 11.5. The third-order valence-corrected chi connectivity index (χ3v) is 3.68. The van der Waals surface area contributed by atoms with Gasteiger partial charge in [0.25, 0.3) is 5.91 Å². The van der Waals surface area contributed by atoms with Gasteiger partial charge < -0.3 is 10.1 Å². The largest absolute Gasteiger partial charge is 0.482 e. The fourth-order valence-electron chi connectivity index (χ4n) is 1.92. The summed E-state index contributed by atoms with van der Waals surface area (Å²) in [4.78, 5) is 25.4. The predicted molar refractivity (Wildman–Crippen MR) is 79.9 cm³/mol. The maximum absolute atomic E-state index is 11.9. The Morgan fingerprint density at radius 3 is 3.00 bits per heavy atom. The van der Waals surface area contributed by atoms with Crippen molar-refractivity contribution in [1.29, 1.82) is 0 Å². The van der Waals surface area contributed by atoms with Crippen molar-refractivity contribution in [3.8, 4) is 5.75 Å². The number of carbonyl (C=O) groups excluding carboxylic acids is 2. The minimum absolute atomic E-state index is 0.0150. The molecule has 6 heteroatoms. The molecular weight excluding hydrogens is 324 g/mol. The Bertz CT molecular complexity index is 533. The first kappa shape index (κ1) is 14.8. The van der Waals surface area contributed by atoms with Gasteiger partial charge in [-0.05, 0) is 31.5 Å². The van der Waals surface area contributed by atoms with Crippen LogP contribution < -0.4 is 15.0 Å². The molecule has 0 saturated heterocycles. The molecule has 1 N–H and O–H groups in total. The van der Waals surface area contributed by atoms with Gasteiger partial charge in [0.15, 0.2) is 6.61 Å². The van der Waals surface area contributed by atoms with Gasteiger partial charge in [-0.1, -0.05) is 22.9 Å². The molecule has 0 bridgehead atoms. The molecule has 1 atom stereocenters. The molecule has 2 rings (SSSR count). The minimum atomic E-state index is -0.209. The van der Waals surface area contributed by atoms with Crippen LogP contribution >= 0.6 is 15.9 Å². The Labute approximate surface area is 126 Å². The lowest BCUT2D eigenvalue weighted by molar-refractivity contribution is -0.125. The van der Waals surface area contributed by atoms with E-state index in [1.54, 1.807) is 12.1 Å². The van der Waals surface area contributed by atoms with E-state index in [1.807, 2.05) is 19.9 Å². The number of carbonyl (C=O) groups is 2. The normalized spacial score (nSPS) is 15.3. The van der Waals surface area contributed by atoms with Crippen molar-refractivity contribution in [3.63, 3.8) is 0 Å². The van der Waals surface area contributed by atoms with Crippen molar-refractivity contribution in [2.24, 2.45) is 0 Å². The molecule has 0 spiro atoms. The highest BCUT2D eigenvalue weighted by Gasteiger charge is 2.27. The third kappa shape index (κ3) is 3.30. The quantitative estimate of drug-likeness (QED) is 0.912. The molecular formula is C14H17BrN2O3. The number of hydrogen-bond acceptors (Lipinski definition) is 3. The number of nitrogens with one attached hydrogen (secondary N) is 1. The van der Waals surface area contributed by atoms with Crippen molar-refractivity contribution in [1.82, 2.24) is 5.32 Å². The van der Waals surface area contributed by atoms with E-state index in [0.29, 0.717) is 11.4 Å². The number of halogens is 1. The average Bonchev–Trinajstić information content (AvgIpc) is 2.41. The van der Waals surface area contributed by atoms with Gasteiger partial charge in [0.1, 0.15) is 12.3 Å². The van der Waals surface area contributed by atoms with E-state index in [4.69, 9.17) is 4.74 Å². The molecule has 1 heterocycles. The van der Waals surface area contributed by atoms with Gasteiger partial charge in [-0.15, -0.1) is 0 Å². The molecule has 1 aliphatic heterocycles. The summed E-state index contributed by atoms with van der Waals surface area (Å²) < 4.78 is 6.25. The molecule has 20 heavy (non-hydrogen) atoms. The topological polar surface area (TPSA) is 58.6 Å². The average molecular weight is 341 g/mol. The van der Waals surface area contributed by atoms with Gasteiger partial charge in [0.2, 0.25) is 5.91 Å². The first-order valence-corrected chi connectivity index (χ1v) is 7.32. The van der Waals surface area contributed by atoms with Crippen LogP contribution in [0.15, 0.2) is 22.7 Å². The molecule has 0 aliphatic carbocycles. The number of benzene rings is 1. The van der Waals surface area contributed by atoms with E-state index >= 15 is 0 Å². The highest BCUT2D eigenvalue weighted by Crippen LogP contribution is 2.34. The second-order valence-corrected chi connectivity index (χ2v) is 5.67. The minimum Gasteiger partial charge on any atom is -0.482 e. The molecule has 1 aromatic rings. The van der Waals surface area contributed by atoms with E-state index in [1.165, 1.54) is 4.90 Å². The molecule has 0 unspecified atom stereocenters. The Morgan fingerprint density at radius 2 is 2.30 bits per heavy atom. The first-order chi connectivity index (χ1) is 9.51. The molecule has 1 aliphatic rings. The predicted octanol–water partition coefficient (Wildman–Crippen LogP) is 2.09. The molecule has 108 valence electrons. The summed E-state index contributed by atoms with van der Waals surface area (Å²) in [6.07, 6.45) is 0.854. The molecule has 0 fully saturated rings. The van der Waals surface area contributed by atoms with Crippen LogP contribution in [0.1, 0.15) is 20.3 Å². The standard InChI is InChI=1S/C14H17BrN2O3/c1-3-9(2)16-13(18)7-17-11-5-4-10(15)6-12(11)20-8-14(17)19/h4-6,9H,3,7-8H2,1-2H3,(H,16,18)/t9-/m0/s1. The maximum Gasteiger partial charge on any atom is 0.265 e. The summed E-state index contributed by atoms with van der Waals surface area (Å²) in [7, 11) is 0. The van der Waals surface area contributed by atoms with E-state index in [9.17, 15) is 9.59 Å². The van der Waals surface area contributed by atoms with Gasteiger partial charge in [-0.2, -0.15) is 0 Å². The number of anilines is 1. The SMILES string of the molecule is CC[C@H](C)NC(=O)CN1C(=O)COc2cc(Br)ccc21. The van der Waals surface area contributed by atoms with Gasteiger partial charge in [0, 0.05) is 10.5 Å². The molecule has 0 aromatic heterocycles. The fraction of sp³-hybridized carbons (Fsp3) is 0.429. The van der Waals surface area contributed by atoms with Crippen LogP contribution in [0.3, 0.4) is 0 Å². The molecule has 0 saturated carbocycles. The summed E-state index contributed by atoms with van der Waals surface area (Å²) in [5.74, 6) is 0.234. The van der Waals surface area contributed by atoms with E-state index < -0.39 is 0 Å². The van der Waals surface area contributed by atoms with Crippen molar-refractivity contribution in [2.75, 3.05) is 18.1 Å². The van der Waals surface area contributed by atoms with E-state index in [0.717, 1.165) is 10.9 Å². The summed E-state index contributed by atoms with van der Waals surface area (Å²) in [6, 6.07) is 5.48. The summed E-state index contributed by atoms with van der Waals surface area (Å²) in [6.45, 7) is 3.91. The summed E-state index contributed by atoms with van der Waals surface area (Å²) in [5, 5.41) is 2.86. The monoisotopic (exact) mass is 340 g/mol. The smallest absolute Gasteiger partial charge is 0.265 e. The fourth-order valence-corrected chi connectivity index (χ4v) is 2.26. The number of ether oxygens (including phenoxy) is 1. The second-order valence-electron chi connectivity index (χ2n) is 4.76. The van der Waals surface area contributed by atoms with Crippen molar-refractivity contribution >= 4 is 33.4 Å². The lowest BCUT2D eigenvalue weighted by atomic mass is 10.2. The van der Waals surface area contributed by atoms with Crippen molar-refractivity contribution < 1.29 is 14.3 Å². The lowest BCUT2D eigenvalue weighted by Crippen LogP contribution is -2.46. The highest BCUT2D eigenvalue weighted by molar-refractivity contribution is 9.10. The van der Waals surface area contributed by atoms with Crippen LogP contribution in [-0.2, 0) is 9.59 Å². The van der Waals surface area contributed by atoms with Crippen LogP contribution in [0.5, 0.6) is 5.75 Å². The molecule has 1 aromatic carbocycles. The van der Waals surface area contributed by atoms with Crippen LogP contribution in [0.4, 0.5) is 5.69 Å². The number of rotatable bonds is 4.